The fraction of sp³-hybridized carbons (Fsp3) is 0.500. The second kappa shape index (κ2) is 3.40. The number of hydroxylamine groups is 1. The highest BCUT2D eigenvalue weighted by atomic mass is 16.7. The lowest BCUT2D eigenvalue weighted by atomic mass is 10.5. The van der Waals surface area contributed by atoms with E-state index in [9.17, 15) is 10.1 Å². The lowest BCUT2D eigenvalue weighted by molar-refractivity contribution is -0.391. The molecular formula is C6H10N4O3. The number of rotatable bonds is 3. The number of anilines is 1. The summed E-state index contributed by atoms with van der Waals surface area (Å²) in [5, 5.41) is 15.6. The van der Waals surface area contributed by atoms with Gasteiger partial charge in [0.25, 0.3) is 0 Å². The van der Waals surface area contributed by atoms with Crippen LogP contribution in [0.25, 0.3) is 0 Å². The second-order valence-corrected chi connectivity index (χ2v) is 2.41. The summed E-state index contributed by atoms with van der Waals surface area (Å²) in [6, 6.07) is 0. The van der Waals surface area contributed by atoms with Crippen LogP contribution in [-0.4, -0.2) is 28.9 Å². The van der Waals surface area contributed by atoms with Gasteiger partial charge in [0.2, 0.25) is 0 Å². The van der Waals surface area contributed by atoms with E-state index >= 15 is 0 Å². The summed E-state index contributed by atoms with van der Waals surface area (Å²) in [6.45, 7) is 0. The first-order valence-electron chi connectivity index (χ1n) is 3.52. The molecule has 72 valence electrons. The first-order chi connectivity index (χ1) is 6.07. The van der Waals surface area contributed by atoms with E-state index in [4.69, 9.17) is 4.84 Å². The fourth-order valence-corrected chi connectivity index (χ4v) is 0.952. The zero-order valence-corrected chi connectivity index (χ0v) is 7.59. The van der Waals surface area contributed by atoms with Gasteiger partial charge in [0.1, 0.15) is 13.2 Å². The Balaban J connectivity index is 3.14. The molecule has 0 aliphatic carbocycles. The first-order valence-corrected chi connectivity index (χ1v) is 3.52. The molecule has 0 aliphatic rings. The van der Waals surface area contributed by atoms with Crippen LogP contribution in [0.1, 0.15) is 0 Å². The molecule has 1 rings (SSSR count). The Labute approximate surface area is 74.6 Å². The minimum absolute atomic E-state index is 0.0932. The molecule has 0 aliphatic heterocycles. The van der Waals surface area contributed by atoms with E-state index < -0.39 is 4.92 Å². The molecule has 1 heterocycles. The third-order valence-corrected chi connectivity index (χ3v) is 1.67. The monoisotopic (exact) mass is 186 g/mol. The van der Waals surface area contributed by atoms with E-state index in [2.05, 4.69) is 5.10 Å². The zero-order valence-electron chi connectivity index (χ0n) is 7.59. The number of nitrogens with zero attached hydrogens (tertiary/aromatic N) is 4. The zero-order chi connectivity index (χ0) is 10.0. The van der Waals surface area contributed by atoms with Crippen molar-refractivity contribution in [1.82, 2.24) is 9.78 Å². The fourth-order valence-electron chi connectivity index (χ4n) is 0.952. The van der Waals surface area contributed by atoms with Crippen LogP contribution < -0.4 is 5.06 Å². The summed E-state index contributed by atoms with van der Waals surface area (Å²) < 4.78 is 1.19. The van der Waals surface area contributed by atoms with Gasteiger partial charge in [0.05, 0.1) is 7.11 Å². The summed E-state index contributed by atoms with van der Waals surface area (Å²) in [6.07, 6.45) is 1.38. The molecule has 0 unspecified atom stereocenters. The predicted octanol–water partition coefficient (Wildman–Crippen LogP) is 0.326. The van der Waals surface area contributed by atoms with Crippen LogP contribution in [-0.2, 0) is 11.9 Å². The predicted molar refractivity (Wildman–Crippen MR) is 45.3 cm³/mol. The van der Waals surface area contributed by atoms with Crippen LogP contribution in [0.15, 0.2) is 6.20 Å². The molecule has 0 saturated carbocycles. The molecule has 0 N–H and O–H groups in total. The van der Waals surface area contributed by atoms with E-state index in [-0.39, 0.29) is 5.82 Å². The molecule has 7 heteroatoms. The van der Waals surface area contributed by atoms with Gasteiger partial charge < -0.3 is 10.1 Å². The summed E-state index contributed by atoms with van der Waals surface area (Å²) in [5.41, 5.74) is 0.329. The quantitative estimate of drug-likeness (QED) is 0.502. The molecule has 0 aromatic carbocycles. The largest absolute Gasteiger partial charge is 0.370 e. The van der Waals surface area contributed by atoms with Crippen LogP contribution in [0.3, 0.4) is 0 Å². The normalized spacial score (nSPS) is 10.1. The van der Waals surface area contributed by atoms with Crippen molar-refractivity contribution in [2.45, 2.75) is 0 Å². The lowest BCUT2D eigenvalue weighted by Gasteiger charge is -2.12. The Bertz CT molecular complexity index is 322. The maximum atomic E-state index is 10.6. The van der Waals surface area contributed by atoms with E-state index in [1.165, 1.54) is 30.1 Å². The van der Waals surface area contributed by atoms with Crippen LogP contribution in [0, 0.1) is 10.1 Å². The molecule has 13 heavy (non-hydrogen) atoms. The van der Waals surface area contributed by atoms with E-state index in [0.29, 0.717) is 5.69 Å². The maximum Gasteiger partial charge on any atom is 0.370 e. The molecule has 1 aromatic heterocycles. The Kier molecular flexibility index (Phi) is 2.47. The van der Waals surface area contributed by atoms with Gasteiger partial charge in [-0.05, 0) is 4.92 Å². The third kappa shape index (κ3) is 1.59. The van der Waals surface area contributed by atoms with Gasteiger partial charge in [0, 0.05) is 7.05 Å². The molecule has 1 aromatic rings. The number of hydrogen-bond donors (Lipinski definition) is 0. The van der Waals surface area contributed by atoms with Crippen LogP contribution >= 0.6 is 0 Å². The Morgan fingerprint density at radius 2 is 2.38 bits per heavy atom. The molecule has 0 fully saturated rings. The van der Waals surface area contributed by atoms with Crippen molar-refractivity contribution in [1.29, 1.82) is 0 Å². The summed E-state index contributed by atoms with van der Waals surface area (Å²) in [5.74, 6) is -0.0932. The van der Waals surface area contributed by atoms with Crippen molar-refractivity contribution in [3.63, 3.8) is 0 Å². The molecule has 0 saturated heterocycles. The minimum Gasteiger partial charge on any atom is -0.358 e. The Morgan fingerprint density at radius 1 is 1.77 bits per heavy atom. The molecule has 0 radical (unpaired) electrons. The number of hydrogen-bond acceptors (Lipinski definition) is 5. The summed E-state index contributed by atoms with van der Waals surface area (Å²) >= 11 is 0. The molecule has 0 spiro atoms. The van der Waals surface area contributed by atoms with Gasteiger partial charge in [-0.1, -0.05) is 5.10 Å². The van der Waals surface area contributed by atoms with Crippen LogP contribution in [0.2, 0.25) is 0 Å². The number of aryl methyl sites for hydroxylation is 1. The van der Waals surface area contributed by atoms with Crippen LogP contribution in [0.4, 0.5) is 11.5 Å². The molecular weight excluding hydrogens is 176 g/mol. The van der Waals surface area contributed by atoms with Gasteiger partial charge in [0.15, 0.2) is 5.69 Å². The van der Waals surface area contributed by atoms with Gasteiger partial charge in [-0.15, -0.1) is 4.68 Å². The highest BCUT2D eigenvalue weighted by Crippen LogP contribution is 2.25. The lowest BCUT2D eigenvalue weighted by Crippen LogP contribution is -2.15. The van der Waals surface area contributed by atoms with Crippen molar-refractivity contribution in [3.05, 3.63) is 16.3 Å². The molecule has 7 nitrogen and oxygen atoms in total. The number of aromatic nitrogens is 2. The highest BCUT2D eigenvalue weighted by Gasteiger charge is 2.22. The van der Waals surface area contributed by atoms with E-state index in [1.807, 2.05) is 0 Å². The van der Waals surface area contributed by atoms with Crippen molar-refractivity contribution in [3.8, 4) is 0 Å². The Hall–Kier alpha value is -1.63. The van der Waals surface area contributed by atoms with E-state index in [1.54, 1.807) is 7.05 Å². The molecule has 0 atom stereocenters. The van der Waals surface area contributed by atoms with Crippen molar-refractivity contribution < 1.29 is 9.76 Å². The third-order valence-electron chi connectivity index (χ3n) is 1.67. The van der Waals surface area contributed by atoms with Crippen molar-refractivity contribution in [2.75, 3.05) is 19.2 Å². The Morgan fingerprint density at radius 3 is 2.85 bits per heavy atom. The number of nitro groups is 1. The topological polar surface area (TPSA) is 73.4 Å². The first kappa shape index (κ1) is 9.46. The highest BCUT2D eigenvalue weighted by molar-refractivity contribution is 5.56. The minimum atomic E-state index is -0.502. The average Bonchev–Trinajstić information content (AvgIpc) is 2.45. The molecule has 0 amide bonds. The smallest absolute Gasteiger partial charge is 0.358 e. The SMILES string of the molecule is CON(C)c1cnn(C)c1[N+](=O)[O-]. The molecule has 0 bridgehead atoms. The van der Waals surface area contributed by atoms with Gasteiger partial charge in [-0.3, -0.25) is 4.84 Å². The second-order valence-electron chi connectivity index (χ2n) is 2.41. The van der Waals surface area contributed by atoms with Gasteiger partial charge >= 0.3 is 5.82 Å². The van der Waals surface area contributed by atoms with Gasteiger partial charge in [-0.25, -0.2) is 5.06 Å². The standard InChI is InChI=1S/C6H10N4O3/c1-8-6(10(11)12)5(4-7-8)9(2)13-3/h4H,1-3H3. The van der Waals surface area contributed by atoms with E-state index in [0.717, 1.165) is 0 Å². The van der Waals surface area contributed by atoms with Crippen LogP contribution in [0.5, 0.6) is 0 Å². The van der Waals surface area contributed by atoms with Crippen molar-refractivity contribution in [2.24, 2.45) is 7.05 Å². The maximum absolute atomic E-state index is 10.6. The van der Waals surface area contributed by atoms with Gasteiger partial charge in [-0.2, -0.15) is 0 Å². The summed E-state index contributed by atoms with van der Waals surface area (Å²) in [7, 11) is 4.51. The summed E-state index contributed by atoms with van der Waals surface area (Å²) in [4.78, 5) is 14.9. The van der Waals surface area contributed by atoms with Crippen molar-refractivity contribution >= 4 is 11.5 Å². The average molecular weight is 186 g/mol.